The Morgan fingerprint density at radius 3 is 2.57 bits per heavy atom. The largest absolute Gasteiger partial charge is 0.483 e. The van der Waals surface area contributed by atoms with Crippen LogP contribution in [-0.4, -0.2) is 41.2 Å². The van der Waals surface area contributed by atoms with E-state index in [2.05, 4.69) is 17.0 Å². The summed E-state index contributed by atoms with van der Waals surface area (Å²) in [5.74, 6) is 0. The molecular weight excluding hydrogens is 421 g/mol. The number of benzene rings is 2. The molecule has 0 radical (unpaired) electrons. The molecule has 4 nitrogen and oxygen atoms in total. The van der Waals surface area contributed by atoms with E-state index in [4.69, 9.17) is 44.7 Å². The lowest BCUT2D eigenvalue weighted by Gasteiger charge is -2.30. The molecule has 0 saturated carbocycles. The Morgan fingerprint density at radius 1 is 1.11 bits per heavy atom. The van der Waals surface area contributed by atoms with Gasteiger partial charge in [0.05, 0.1) is 16.1 Å². The molecule has 0 aromatic heterocycles. The molecule has 1 aliphatic heterocycles. The minimum absolute atomic E-state index is 0.250. The fraction of sp³-hybridized carbons (Fsp3) is 0.286. The van der Waals surface area contributed by atoms with Crippen molar-refractivity contribution in [1.29, 1.82) is 0 Å². The van der Waals surface area contributed by atoms with Crippen molar-refractivity contribution in [2.45, 2.75) is 18.9 Å². The smallest absolute Gasteiger partial charge is 0.290 e. The Balaban J connectivity index is 0.000000706. The number of nitrogens with zero attached hydrogens (tertiary/aromatic N) is 1. The SMILES string of the molecule is O=CO.OC(CN1CCC2=C(Cc3ccc(Cl)cc32)C1)c1ccc(Cl)c(Cl)c1. The van der Waals surface area contributed by atoms with Gasteiger partial charge in [0, 0.05) is 24.7 Å². The summed E-state index contributed by atoms with van der Waals surface area (Å²) in [6.45, 7) is 2.16. The predicted octanol–water partition coefficient (Wildman–Crippen LogP) is 5.10. The number of β-amino-alcohol motifs (C(OH)–C–C–N with tert-alkyl or cyclic N) is 1. The molecule has 1 heterocycles. The molecule has 4 rings (SSSR count). The van der Waals surface area contributed by atoms with Crippen LogP contribution in [-0.2, 0) is 11.2 Å². The van der Waals surface area contributed by atoms with Gasteiger partial charge in [-0.3, -0.25) is 9.69 Å². The molecule has 0 spiro atoms. The molecule has 148 valence electrons. The number of hydrogen-bond donors (Lipinski definition) is 2. The van der Waals surface area contributed by atoms with Crippen molar-refractivity contribution in [1.82, 2.24) is 4.90 Å². The molecular formula is C21H20Cl3NO3. The first-order valence-corrected chi connectivity index (χ1v) is 9.99. The monoisotopic (exact) mass is 439 g/mol. The maximum absolute atomic E-state index is 10.6. The number of carboxylic acid groups (broad SMARTS) is 1. The molecule has 1 aliphatic carbocycles. The predicted molar refractivity (Wildman–Crippen MR) is 113 cm³/mol. The second kappa shape index (κ2) is 9.29. The van der Waals surface area contributed by atoms with Crippen LogP contribution in [0.5, 0.6) is 0 Å². The topological polar surface area (TPSA) is 60.8 Å². The van der Waals surface area contributed by atoms with Gasteiger partial charge in [0.2, 0.25) is 0 Å². The lowest BCUT2D eigenvalue weighted by Crippen LogP contribution is -2.34. The zero-order chi connectivity index (χ0) is 20.3. The number of fused-ring (bicyclic) bond motifs is 2. The van der Waals surface area contributed by atoms with Crippen molar-refractivity contribution >= 4 is 46.8 Å². The van der Waals surface area contributed by atoms with E-state index in [1.54, 1.807) is 12.1 Å². The number of carbonyl (C=O) groups is 1. The third-order valence-corrected chi connectivity index (χ3v) is 6.05. The van der Waals surface area contributed by atoms with Crippen molar-refractivity contribution in [2.24, 2.45) is 0 Å². The lowest BCUT2D eigenvalue weighted by atomic mass is 9.98. The molecule has 0 amide bonds. The van der Waals surface area contributed by atoms with Crippen molar-refractivity contribution in [3.63, 3.8) is 0 Å². The van der Waals surface area contributed by atoms with Crippen LogP contribution in [0.1, 0.15) is 29.2 Å². The highest BCUT2D eigenvalue weighted by molar-refractivity contribution is 6.42. The highest BCUT2D eigenvalue weighted by Gasteiger charge is 2.28. The zero-order valence-electron chi connectivity index (χ0n) is 15.0. The number of aliphatic hydroxyl groups excluding tert-OH is 1. The highest BCUT2D eigenvalue weighted by Crippen LogP contribution is 2.39. The van der Waals surface area contributed by atoms with Gasteiger partial charge in [-0.2, -0.15) is 0 Å². The lowest BCUT2D eigenvalue weighted by molar-refractivity contribution is -0.122. The van der Waals surface area contributed by atoms with Gasteiger partial charge in [0.15, 0.2) is 0 Å². The number of rotatable bonds is 3. The molecule has 0 saturated heterocycles. The average Bonchev–Trinajstić information content (AvgIpc) is 3.01. The van der Waals surface area contributed by atoms with Crippen LogP contribution in [0.15, 0.2) is 42.0 Å². The van der Waals surface area contributed by atoms with Crippen LogP contribution < -0.4 is 0 Å². The molecule has 2 aliphatic rings. The van der Waals surface area contributed by atoms with Gasteiger partial charge in [0.25, 0.3) is 6.47 Å². The van der Waals surface area contributed by atoms with E-state index < -0.39 is 6.10 Å². The molecule has 2 aromatic rings. The van der Waals surface area contributed by atoms with Crippen molar-refractivity contribution in [3.8, 4) is 0 Å². The maximum atomic E-state index is 10.6. The van der Waals surface area contributed by atoms with E-state index >= 15 is 0 Å². The van der Waals surface area contributed by atoms with Crippen LogP contribution in [0.4, 0.5) is 0 Å². The summed E-state index contributed by atoms with van der Waals surface area (Å²) >= 11 is 18.2. The molecule has 1 atom stereocenters. The maximum Gasteiger partial charge on any atom is 0.290 e. The van der Waals surface area contributed by atoms with Crippen LogP contribution in [0.2, 0.25) is 15.1 Å². The third-order valence-electron chi connectivity index (χ3n) is 5.08. The second-order valence-electron chi connectivity index (χ2n) is 6.84. The molecule has 0 bridgehead atoms. The zero-order valence-corrected chi connectivity index (χ0v) is 17.3. The van der Waals surface area contributed by atoms with E-state index in [0.29, 0.717) is 16.6 Å². The molecule has 0 fully saturated rings. The van der Waals surface area contributed by atoms with Crippen LogP contribution in [0, 0.1) is 0 Å². The van der Waals surface area contributed by atoms with Gasteiger partial charge < -0.3 is 10.2 Å². The van der Waals surface area contributed by atoms with Gasteiger partial charge in [-0.05, 0) is 64.9 Å². The molecule has 28 heavy (non-hydrogen) atoms. The second-order valence-corrected chi connectivity index (χ2v) is 8.09. The Kier molecular flexibility index (Phi) is 7.02. The minimum atomic E-state index is -0.574. The van der Waals surface area contributed by atoms with Crippen LogP contribution in [0.25, 0.3) is 5.57 Å². The van der Waals surface area contributed by atoms with E-state index in [0.717, 1.165) is 36.5 Å². The summed E-state index contributed by atoms with van der Waals surface area (Å²) in [4.78, 5) is 10.7. The first-order chi connectivity index (χ1) is 13.4. The molecule has 2 aromatic carbocycles. The van der Waals surface area contributed by atoms with Crippen LogP contribution in [0.3, 0.4) is 0 Å². The Bertz CT molecular complexity index is 914. The number of hydrogen-bond acceptors (Lipinski definition) is 3. The van der Waals surface area contributed by atoms with Gasteiger partial charge >= 0.3 is 0 Å². The molecule has 2 N–H and O–H groups in total. The summed E-state index contributed by atoms with van der Waals surface area (Å²) in [6, 6.07) is 11.5. The number of halogens is 3. The van der Waals surface area contributed by atoms with Gasteiger partial charge in [0.1, 0.15) is 0 Å². The fourth-order valence-electron chi connectivity index (χ4n) is 3.82. The number of aliphatic hydroxyl groups is 1. The third kappa shape index (κ3) is 4.70. The van der Waals surface area contributed by atoms with Crippen molar-refractivity contribution in [2.75, 3.05) is 19.6 Å². The Hall–Kier alpha value is -1.56. The minimum Gasteiger partial charge on any atom is -0.483 e. The Morgan fingerprint density at radius 2 is 1.86 bits per heavy atom. The van der Waals surface area contributed by atoms with Crippen molar-refractivity contribution in [3.05, 3.63) is 73.7 Å². The van der Waals surface area contributed by atoms with Crippen LogP contribution >= 0.6 is 34.8 Å². The summed E-state index contributed by atoms with van der Waals surface area (Å²) in [5.41, 5.74) is 6.37. The summed E-state index contributed by atoms with van der Waals surface area (Å²) in [6.07, 6.45) is 1.41. The van der Waals surface area contributed by atoms with E-state index in [9.17, 15) is 5.11 Å². The standard InChI is InChI=1S/C20H18Cl3NO.CH2O2/c21-15-3-1-12-7-14-10-24(6-5-16(14)17(12)9-15)11-20(25)13-2-4-18(22)19(23)8-13;2-1-3/h1-4,8-9,20,25H,5-7,10-11H2;1H,(H,2,3). The van der Waals surface area contributed by atoms with Crippen molar-refractivity contribution < 1.29 is 15.0 Å². The highest BCUT2D eigenvalue weighted by atomic mass is 35.5. The average molecular weight is 441 g/mol. The normalized spacial score (nSPS) is 16.7. The van der Waals surface area contributed by atoms with E-state index in [1.807, 2.05) is 12.1 Å². The fourth-order valence-corrected chi connectivity index (χ4v) is 4.30. The summed E-state index contributed by atoms with van der Waals surface area (Å²) in [5, 5.41) is 19.2. The van der Waals surface area contributed by atoms with Gasteiger partial charge in [-0.15, -0.1) is 0 Å². The van der Waals surface area contributed by atoms with E-state index in [-0.39, 0.29) is 6.47 Å². The van der Waals surface area contributed by atoms with E-state index in [1.165, 1.54) is 22.3 Å². The molecule has 1 unspecified atom stereocenters. The Labute approximate surface area is 178 Å². The summed E-state index contributed by atoms with van der Waals surface area (Å²) in [7, 11) is 0. The first kappa shape index (κ1) is 21.2. The quantitative estimate of drug-likeness (QED) is 0.652. The first-order valence-electron chi connectivity index (χ1n) is 8.85. The van der Waals surface area contributed by atoms with Gasteiger partial charge in [-0.1, -0.05) is 46.9 Å². The van der Waals surface area contributed by atoms with Gasteiger partial charge in [-0.25, -0.2) is 0 Å². The molecule has 7 heteroatoms. The summed E-state index contributed by atoms with van der Waals surface area (Å²) < 4.78 is 0.